The summed E-state index contributed by atoms with van der Waals surface area (Å²) >= 11 is 0. The molecule has 0 bridgehead atoms. The van der Waals surface area contributed by atoms with E-state index in [1.54, 1.807) is 18.2 Å². The van der Waals surface area contributed by atoms with Gasteiger partial charge in [0.25, 0.3) is 5.69 Å². The molecule has 0 fully saturated rings. The van der Waals surface area contributed by atoms with Crippen molar-refractivity contribution in [3.63, 3.8) is 0 Å². The van der Waals surface area contributed by atoms with Crippen molar-refractivity contribution >= 4 is 5.69 Å². The van der Waals surface area contributed by atoms with Crippen LogP contribution in [0.15, 0.2) is 24.3 Å². The Hall–Kier alpha value is -1.46. The quantitative estimate of drug-likeness (QED) is 0.563. The van der Waals surface area contributed by atoms with E-state index in [-0.39, 0.29) is 18.3 Å². The molecule has 1 rings (SSSR count). The second-order valence-electron chi connectivity index (χ2n) is 3.35. The highest BCUT2D eigenvalue weighted by Gasteiger charge is 2.12. The van der Waals surface area contributed by atoms with E-state index in [1.807, 2.05) is 6.92 Å². The summed E-state index contributed by atoms with van der Waals surface area (Å²) in [5, 5.41) is 22.4. The first-order valence-corrected chi connectivity index (χ1v) is 4.71. The van der Waals surface area contributed by atoms with Crippen LogP contribution >= 0.6 is 0 Å². The van der Waals surface area contributed by atoms with Gasteiger partial charge in [-0.05, 0) is 6.92 Å². The zero-order valence-corrected chi connectivity index (χ0v) is 8.51. The van der Waals surface area contributed by atoms with Gasteiger partial charge in [0.1, 0.15) is 0 Å². The van der Waals surface area contributed by atoms with Crippen molar-refractivity contribution in [1.29, 1.82) is 0 Å². The number of aliphatic hydroxyl groups is 1. The highest BCUT2D eigenvalue weighted by atomic mass is 16.6. The molecule has 5 heteroatoms. The number of nitro groups is 1. The Kier molecular flexibility index (Phi) is 4.20. The summed E-state index contributed by atoms with van der Waals surface area (Å²) < 4.78 is 0. The molecule has 0 spiro atoms. The largest absolute Gasteiger partial charge is 0.395 e. The third kappa shape index (κ3) is 3.30. The molecule has 0 aliphatic carbocycles. The summed E-state index contributed by atoms with van der Waals surface area (Å²) in [4.78, 5) is 10.3. The molecule has 0 aliphatic heterocycles. The fourth-order valence-corrected chi connectivity index (χ4v) is 1.19. The molecule has 0 aliphatic rings. The van der Waals surface area contributed by atoms with Crippen LogP contribution in [0.5, 0.6) is 0 Å². The number of benzene rings is 1. The van der Waals surface area contributed by atoms with Crippen LogP contribution < -0.4 is 5.32 Å². The molecular weight excluding hydrogens is 196 g/mol. The first-order chi connectivity index (χ1) is 7.15. The standard InChI is InChI=1S/C10H14N2O3/c1-8(7-13)11-6-9-4-2-3-5-10(9)12(14)15/h2-5,8,11,13H,6-7H2,1H3. The highest BCUT2D eigenvalue weighted by molar-refractivity contribution is 5.39. The number of nitro benzene ring substituents is 1. The summed E-state index contributed by atoms with van der Waals surface area (Å²) in [7, 11) is 0. The fourth-order valence-electron chi connectivity index (χ4n) is 1.19. The van der Waals surface area contributed by atoms with Crippen molar-refractivity contribution < 1.29 is 10.0 Å². The Balaban J connectivity index is 2.72. The number of aliphatic hydroxyl groups excluding tert-OH is 1. The number of rotatable bonds is 5. The van der Waals surface area contributed by atoms with Crippen LogP contribution in [-0.4, -0.2) is 22.7 Å². The zero-order chi connectivity index (χ0) is 11.3. The predicted molar refractivity (Wildman–Crippen MR) is 56.5 cm³/mol. The summed E-state index contributed by atoms with van der Waals surface area (Å²) in [6.45, 7) is 2.22. The Bertz CT molecular complexity index is 341. The molecule has 15 heavy (non-hydrogen) atoms. The topological polar surface area (TPSA) is 75.4 Å². The van der Waals surface area contributed by atoms with Gasteiger partial charge in [0, 0.05) is 24.2 Å². The predicted octanol–water partition coefficient (Wildman–Crippen LogP) is 1.07. The molecule has 0 amide bonds. The lowest BCUT2D eigenvalue weighted by atomic mass is 10.1. The molecule has 1 atom stereocenters. The van der Waals surface area contributed by atoms with E-state index in [0.717, 1.165) is 0 Å². The second kappa shape index (κ2) is 5.43. The van der Waals surface area contributed by atoms with Crippen LogP contribution in [-0.2, 0) is 6.54 Å². The molecule has 0 saturated carbocycles. The Morgan fingerprint density at radius 2 is 2.20 bits per heavy atom. The molecule has 5 nitrogen and oxygen atoms in total. The monoisotopic (exact) mass is 210 g/mol. The average Bonchev–Trinajstić information content (AvgIpc) is 2.26. The third-order valence-electron chi connectivity index (χ3n) is 2.10. The van der Waals surface area contributed by atoms with Gasteiger partial charge in [-0.1, -0.05) is 18.2 Å². The average molecular weight is 210 g/mol. The molecule has 2 N–H and O–H groups in total. The van der Waals surface area contributed by atoms with Crippen LogP contribution in [0.25, 0.3) is 0 Å². The van der Waals surface area contributed by atoms with Crippen molar-refractivity contribution in [3.05, 3.63) is 39.9 Å². The normalized spacial score (nSPS) is 12.4. The van der Waals surface area contributed by atoms with E-state index in [0.29, 0.717) is 12.1 Å². The molecule has 0 radical (unpaired) electrons. The van der Waals surface area contributed by atoms with E-state index in [9.17, 15) is 10.1 Å². The van der Waals surface area contributed by atoms with Crippen LogP contribution in [0.1, 0.15) is 12.5 Å². The van der Waals surface area contributed by atoms with Crippen molar-refractivity contribution in [2.45, 2.75) is 19.5 Å². The minimum Gasteiger partial charge on any atom is -0.395 e. The second-order valence-corrected chi connectivity index (χ2v) is 3.35. The Labute approximate surface area is 87.9 Å². The van der Waals surface area contributed by atoms with Gasteiger partial charge in [-0.15, -0.1) is 0 Å². The first-order valence-electron chi connectivity index (χ1n) is 4.71. The SMILES string of the molecule is CC(CO)NCc1ccccc1[N+](=O)[O-]. The summed E-state index contributed by atoms with van der Waals surface area (Å²) in [5.74, 6) is 0. The number of nitrogens with zero attached hydrogens (tertiary/aromatic N) is 1. The van der Waals surface area contributed by atoms with Crippen molar-refractivity contribution in [1.82, 2.24) is 5.32 Å². The lowest BCUT2D eigenvalue weighted by molar-refractivity contribution is -0.385. The van der Waals surface area contributed by atoms with Crippen molar-refractivity contribution in [2.24, 2.45) is 0 Å². The lowest BCUT2D eigenvalue weighted by Crippen LogP contribution is -2.28. The smallest absolute Gasteiger partial charge is 0.273 e. The number of para-hydroxylation sites is 1. The van der Waals surface area contributed by atoms with Gasteiger partial charge in [-0.2, -0.15) is 0 Å². The van der Waals surface area contributed by atoms with Gasteiger partial charge in [0.2, 0.25) is 0 Å². The molecule has 82 valence electrons. The molecule has 1 unspecified atom stereocenters. The molecular formula is C10H14N2O3. The maximum Gasteiger partial charge on any atom is 0.273 e. The van der Waals surface area contributed by atoms with Crippen molar-refractivity contribution in [3.8, 4) is 0 Å². The number of hydrogen-bond acceptors (Lipinski definition) is 4. The summed E-state index contributed by atoms with van der Waals surface area (Å²) in [5.41, 5.74) is 0.734. The zero-order valence-electron chi connectivity index (χ0n) is 8.51. The maximum atomic E-state index is 10.7. The van der Waals surface area contributed by atoms with Gasteiger partial charge >= 0.3 is 0 Å². The molecule has 0 aromatic heterocycles. The number of nitrogens with one attached hydrogen (secondary N) is 1. The maximum absolute atomic E-state index is 10.7. The molecule has 0 saturated heterocycles. The molecule has 1 aromatic carbocycles. The minimum absolute atomic E-state index is 0.0145. The van der Waals surface area contributed by atoms with Crippen LogP contribution in [0.3, 0.4) is 0 Å². The third-order valence-corrected chi connectivity index (χ3v) is 2.10. The first kappa shape index (κ1) is 11.6. The summed E-state index contributed by atoms with van der Waals surface area (Å²) in [6.07, 6.45) is 0. The number of hydrogen-bond donors (Lipinski definition) is 2. The van der Waals surface area contributed by atoms with Crippen LogP contribution in [0.2, 0.25) is 0 Å². The van der Waals surface area contributed by atoms with E-state index in [1.165, 1.54) is 6.07 Å². The van der Waals surface area contributed by atoms with E-state index in [4.69, 9.17) is 5.11 Å². The molecule has 1 aromatic rings. The van der Waals surface area contributed by atoms with Gasteiger partial charge in [-0.3, -0.25) is 10.1 Å². The van der Waals surface area contributed by atoms with Crippen LogP contribution in [0, 0.1) is 10.1 Å². The summed E-state index contributed by atoms with van der Waals surface area (Å²) in [6, 6.07) is 6.51. The van der Waals surface area contributed by atoms with Crippen molar-refractivity contribution in [2.75, 3.05) is 6.61 Å². The van der Waals surface area contributed by atoms with Gasteiger partial charge in [0.15, 0.2) is 0 Å². The van der Waals surface area contributed by atoms with Crippen LogP contribution in [0.4, 0.5) is 5.69 Å². The van der Waals surface area contributed by atoms with E-state index < -0.39 is 4.92 Å². The highest BCUT2D eigenvalue weighted by Crippen LogP contribution is 2.17. The lowest BCUT2D eigenvalue weighted by Gasteiger charge is -2.10. The Morgan fingerprint density at radius 3 is 2.80 bits per heavy atom. The van der Waals surface area contributed by atoms with Gasteiger partial charge < -0.3 is 10.4 Å². The van der Waals surface area contributed by atoms with E-state index >= 15 is 0 Å². The Morgan fingerprint density at radius 1 is 1.53 bits per heavy atom. The molecule has 0 heterocycles. The minimum atomic E-state index is -0.402. The fraction of sp³-hybridized carbons (Fsp3) is 0.400. The van der Waals surface area contributed by atoms with Gasteiger partial charge in [-0.25, -0.2) is 0 Å². The van der Waals surface area contributed by atoms with E-state index in [2.05, 4.69) is 5.32 Å². The van der Waals surface area contributed by atoms with Gasteiger partial charge in [0.05, 0.1) is 11.5 Å².